The highest BCUT2D eigenvalue weighted by atomic mass is 32.1. The largest absolute Gasteiger partial charge is 0.466 e. The maximum absolute atomic E-state index is 12.0. The molecule has 2 N–H and O–H groups in total. The first kappa shape index (κ1) is 12.6. The third kappa shape index (κ3) is 2.51. The van der Waals surface area contributed by atoms with Crippen LogP contribution in [0.2, 0.25) is 0 Å². The molecule has 7 heteroatoms. The van der Waals surface area contributed by atoms with E-state index in [0.29, 0.717) is 29.1 Å². The molecule has 0 unspecified atom stereocenters. The third-order valence-corrected chi connectivity index (χ3v) is 3.42. The summed E-state index contributed by atoms with van der Waals surface area (Å²) in [5, 5.41) is 0.490. The fourth-order valence-corrected chi connectivity index (χ4v) is 2.46. The summed E-state index contributed by atoms with van der Waals surface area (Å²) in [7, 11) is 0. The molecular weight excluding hydrogens is 254 g/mol. The van der Waals surface area contributed by atoms with E-state index in [2.05, 4.69) is 4.98 Å². The molecule has 0 saturated heterocycles. The highest BCUT2D eigenvalue weighted by molar-refractivity contribution is 7.13. The maximum atomic E-state index is 12.0. The van der Waals surface area contributed by atoms with Gasteiger partial charge in [-0.25, -0.2) is 4.98 Å². The Labute approximate surface area is 107 Å². The highest BCUT2D eigenvalue weighted by Gasteiger charge is 2.10. The number of hydrogen-bond acceptors (Lipinski definition) is 6. The van der Waals surface area contributed by atoms with Crippen LogP contribution < -0.4 is 11.3 Å². The summed E-state index contributed by atoms with van der Waals surface area (Å²) < 4.78 is 6.31. The minimum Gasteiger partial charge on any atom is -0.466 e. The van der Waals surface area contributed by atoms with Crippen molar-refractivity contribution in [3.8, 4) is 0 Å². The van der Waals surface area contributed by atoms with Gasteiger partial charge >= 0.3 is 5.97 Å². The van der Waals surface area contributed by atoms with Crippen molar-refractivity contribution in [2.75, 3.05) is 12.3 Å². The molecule has 2 rings (SSSR count). The smallest absolute Gasteiger partial charge is 0.307 e. The number of nitrogen functional groups attached to an aromatic ring is 1. The lowest BCUT2D eigenvalue weighted by atomic mass is 10.3. The monoisotopic (exact) mass is 267 g/mol. The van der Waals surface area contributed by atoms with Gasteiger partial charge < -0.3 is 10.5 Å². The van der Waals surface area contributed by atoms with Gasteiger partial charge in [0.15, 0.2) is 0 Å². The predicted molar refractivity (Wildman–Crippen MR) is 69.5 cm³/mol. The van der Waals surface area contributed by atoms with Gasteiger partial charge in [0.1, 0.15) is 4.83 Å². The van der Waals surface area contributed by atoms with Crippen molar-refractivity contribution in [1.82, 2.24) is 8.94 Å². The van der Waals surface area contributed by atoms with Gasteiger partial charge in [-0.1, -0.05) is 0 Å². The Morgan fingerprint density at radius 3 is 3.11 bits per heavy atom. The molecule has 6 nitrogen and oxygen atoms in total. The Kier molecular flexibility index (Phi) is 3.61. The van der Waals surface area contributed by atoms with Crippen molar-refractivity contribution in [3.63, 3.8) is 0 Å². The molecule has 0 aliphatic carbocycles. The molecular formula is C11H13N3O3S. The summed E-state index contributed by atoms with van der Waals surface area (Å²) >= 11 is 1.22. The van der Waals surface area contributed by atoms with E-state index in [1.165, 1.54) is 21.7 Å². The van der Waals surface area contributed by atoms with E-state index < -0.39 is 0 Å². The molecule has 0 amide bonds. The van der Waals surface area contributed by atoms with Crippen molar-refractivity contribution in [1.29, 1.82) is 0 Å². The van der Waals surface area contributed by atoms with E-state index in [-0.39, 0.29) is 17.9 Å². The number of aryl methyl sites for hydroxylation is 1. The number of ether oxygens (including phenoxy) is 1. The van der Waals surface area contributed by atoms with Crippen LogP contribution in [0.4, 0.5) is 5.69 Å². The Morgan fingerprint density at radius 1 is 1.61 bits per heavy atom. The standard InChI is InChI=1S/C11H13N3O3S/c1-2-17-9(15)3-4-14-11(16)8-5-7(12)6-13-10(8)18-14/h5-6H,2-4,12H2,1H3. The minimum atomic E-state index is -0.311. The van der Waals surface area contributed by atoms with Gasteiger partial charge in [-0.05, 0) is 24.5 Å². The number of aromatic nitrogens is 2. The second-order valence-electron chi connectivity index (χ2n) is 3.67. The minimum absolute atomic E-state index is 0.168. The number of fused-ring (bicyclic) bond motifs is 1. The van der Waals surface area contributed by atoms with Crippen LogP contribution >= 0.6 is 11.5 Å². The Morgan fingerprint density at radius 2 is 2.39 bits per heavy atom. The van der Waals surface area contributed by atoms with Crippen molar-refractivity contribution in [2.24, 2.45) is 0 Å². The predicted octanol–water partition coefficient (Wildman–Crippen LogP) is 0.993. The molecule has 0 aromatic carbocycles. The van der Waals surface area contributed by atoms with Crippen LogP contribution in [-0.2, 0) is 16.1 Å². The maximum Gasteiger partial charge on any atom is 0.307 e. The zero-order chi connectivity index (χ0) is 13.1. The molecule has 0 atom stereocenters. The first-order chi connectivity index (χ1) is 8.61. The number of nitrogens with zero attached hydrogens (tertiary/aromatic N) is 2. The lowest BCUT2D eigenvalue weighted by molar-refractivity contribution is -0.143. The molecule has 0 radical (unpaired) electrons. The summed E-state index contributed by atoms with van der Waals surface area (Å²) in [6, 6.07) is 1.60. The Hall–Kier alpha value is -1.89. The normalized spacial score (nSPS) is 10.7. The molecule has 2 heterocycles. The number of carbonyl (C=O) groups is 1. The van der Waals surface area contributed by atoms with E-state index in [1.807, 2.05) is 0 Å². The van der Waals surface area contributed by atoms with Crippen LogP contribution in [-0.4, -0.2) is 21.5 Å². The average Bonchev–Trinajstić information content (AvgIpc) is 2.64. The second-order valence-corrected chi connectivity index (χ2v) is 4.68. The van der Waals surface area contributed by atoms with E-state index >= 15 is 0 Å². The molecule has 2 aromatic rings. The SMILES string of the molecule is CCOC(=O)CCn1sc2ncc(N)cc2c1=O. The Balaban J connectivity index is 2.22. The average molecular weight is 267 g/mol. The van der Waals surface area contributed by atoms with Gasteiger partial charge in [0.05, 0.1) is 30.3 Å². The summed E-state index contributed by atoms with van der Waals surface area (Å²) in [6.07, 6.45) is 1.68. The molecule has 2 aromatic heterocycles. The van der Waals surface area contributed by atoms with Gasteiger partial charge in [-0.15, -0.1) is 0 Å². The molecule has 0 fully saturated rings. The number of rotatable bonds is 4. The van der Waals surface area contributed by atoms with Crippen LogP contribution in [0.15, 0.2) is 17.1 Å². The van der Waals surface area contributed by atoms with Gasteiger partial charge in [0.2, 0.25) is 0 Å². The Bertz CT molecular complexity index is 632. The zero-order valence-electron chi connectivity index (χ0n) is 9.88. The van der Waals surface area contributed by atoms with Crippen LogP contribution in [0, 0.1) is 0 Å². The van der Waals surface area contributed by atoms with Crippen molar-refractivity contribution >= 4 is 33.4 Å². The number of carbonyl (C=O) groups excluding carboxylic acids is 1. The fourth-order valence-electron chi connectivity index (χ4n) is 1.55. The topological polar surface area (TPSA) is 87.2 Å². The molecule has 0 aliphatic rings. The molecule has 0 spiro atoms. The quantitative estimate of drug-likeness (QED) is 0.835. The van der Waals surface area contributed by atoms with Crippen molar-refractivity contribution in [2.45, 2.75) is 19.9 Å². The summed E-state index contributed by atoms with van der Waals surface area (Å²) in [4.78, 5) is 27.9. The van der Waals surface area contributed by atoms with E-state index in [0.717, 1.165) is 0 Å². The van der Waals surface area contributed by atoms with Crippen LogP contribution in [0.25, 0.3) is 10.2 Å². The summed E-state index contributed by atoms with van der Waals surface area (Å²) in [6.45, 7) is 2.40. The summed E-state index contributed by atoms with van der Waals surface area (Å²) in [5.74, 6) is -0.311. The van der Waals surface area contributed by atoms with Gasteiger partial charge in [0, 0.05) is 6.54 Å². The number of anilines is 1. The second kappa shape index (κ2) is 5.18. The van der Waals surface area contributed by atoms with Crippen molar-refractivity contribution < 1.29 is 9.53 Å². The summed E-state index contributed by atoms with van der Waals surface area (Å²) in [5.41, 5.74) is 5.87. The van der Waals surface area contributed by atoms with Gasteiger partial charge in [0.25, 0.3) is 5.56 Å². The first-order valence-electron chi connectivity index (χ1n) is 5.52. The van der Waals surface area contributed by atoms with Crippen LogP contribution in [0.5, 0.6) is 0 Å². The lowest BCUT2D eigenvalue weighted by Gasteiger charge is -2.00. The molecule has 0 saturated carbocycles. The van der Waals surface area contributed by atoms with Gasteiger partial charge in [-0.2, -0.15) is 0 Å². The van der Waals surface area contributed by atoms with E-state index in [4.69, 9.17) is 10.5 Å². The van der Waals surface area contributed by atoms with Crippen LogP contribution in [0.1, 0.15) is 13.3 Å². The molecule has 0 aliphatic heterocycles. The molecule has 96 valence electrons. The zero-order valence-corrected chi connectivity index (χ0v) is 10.7. The highest BCUT2D eigenvalue weighted by Crippen LogP contribution is 2.16. The number of esters is 1. The van der Waals surface area contributed by atoms with Crippen molar-refractivity contribution in [3.05, 3.63) is 22.6 Å². The number of nitrogens with two attached hydrogens (primary N) is 1. The lowest BCUT2D eigenvalue weighted by Crippen LogP contribution is -2.16. The van der Waals surface area contributed by atoms with E-state index in [1.54, 1.807) is 13.0 Å². The van der Waals surface area contributed by atoms with E-state index in [9.17, 15) is 9.59 Å². The third-order valence-electron chi connectivity index (χ3n) is 2.35. The molecule has 18 heavy (non-hydrogen) atoms. The molecule has 0 bridgehead atoms. The number of hydrogen-bond donors (Lipinski definition) is 1. The first-order valence-corrected chi connectivity index (χ1v) is 6.30. The van der Waals surface area contributed by atoms with Crippen LogP contribution in [0.3, 0.4) is 0 Å². The van der Waals surface area contributed by atoms with Gasteiger partial charge in [-0.3, -0.25) is 13.5 Å². The number of pyridine rings is 1. The fraction of sp³-hybridized carbons (Fsp3) is 0.364.